The molecule has 0 aliphatic rings. The van der Waals surface area contributed by atoms with Gasteiger partial charge in [0.1, 0.15) is 11.3 Å². The van der Waals surface area contributed by atoms with E-state index in [2.05, 4.69) is 19.2 Å². The fourth-order valence-electron chi connectivity index (χ4n) is 2.42. The van der Waals surface area contributed by atoms with Crippen molar-refractivity contribution in [2.75, 3.05) is 13.1 Å². The van der Waals surface area contributed by atoms with E-state index in [9.17, 15) is 4.79 Å². The first-order valence-corrected chi connectivity index (χ1v) is 7.69. The third kappa shape index (κ3) is 3.78. The first kappa shape index (κ1) is 15.4. The minimum absolute atomic E-state index is 0.0216. The van der Waals surface area contributed by atoms with E-state index in [1.807, 2.05) is 42.2 Å². The number of nitrogens with zero attached hydrogens (tertiary/aromatic N) is 1. The Morgan fingerprint density at radius 1 is 1.24 bits per heavy atom. The van der Waals surface area contributed by atoms with Crippen molar-refractivity contribution >= 4 is 17.0 Å². The molecule has 0 radical (unpaired) electrons. The molecule has 1 aromatic carbocycles. The molecule has 0 spiro atoms. The zero-order valence-electron chi connectivity index (χ0n) is 13.1. The van der Waals surface area contributed by atoms with Gasteiger partial charge in [-0.15, -0.1) is 0 Å². The molecule has 0 fully saturated rings. The van der Waals surface area contributed by atoms with E-state index in [-0.39, 0.29) is 12.1 Å². The summed E-state index contributed by atoms with van der Waals surface area (Å²) in [6, 6.07) is 9.71. The molecular formula is C17H24N2O2. The maximum absolute atomic E-state index is 12.3. The summed E-state index contributed by atoms with van der Waals surface area (Å²) in [5, 5.41) is 4.08. The number of carbonyl (C=O) groups excluding carboxylic acids is 1. The molecule has 1 atom stereocenters. The molecule has 1 N–H and O–H groups in total. The number of fused-ring (bicyclic) bond motifs is 1. The molecule has 114 valence electrons. The monoisotopic (exact) mass is 288 g/mol. The highest BCUT2D eigenvalue weighted by atomic mass is 16.3. The molecule has 1 aromatic heterocycles. The van der Waals surface area contributed by atoms with Gasteiger partial charge in [-0.2, -0.15) is 0 Å². The summed E-state index contributed by atoms with van der Waals surface area (Å²) in [6.07, 6.45) is 1.93. The second-order valence-electron chi connectivity index (χ2n) is 5.34. The van der Waals surface area contributed by atoms with Gasteiger partial charge in [0.2, 0.25) is 0 Å². The normalized spacial score (nSPS) is 12.3. The highest BCUT2D eigenvalue weighted by molar-refractivity contribution is 5.78. The fourth-order valence-corrected chi connectivity index (χ4v) is 2.42. The Morgan fingerprint density at radius 3 is 2.52 bits per heavy atom. The SMILES string of the molecule is CCCN(CCC)C(=O)NC(C)c1cc2ccccc2o1. The van der Waals surface area contributed by atoms with Crippen LogP contribution in [0.5, 0.6) is 0 Å². The molecule has 4 nitrogen and oxygen atoms in total. The standard InChI is InChI=1S/C17H24N2O2/c1-4-10-19(11-5-2)17(20)18-13(3)16-12-14-8-6-7-9-15(14)21-16/h6-9,12-13H,4-5,10-11H2,1-3H3,(H,18,20). The van der Waals surface area contributed by atoms with Gasteiger partial charge in [0.25, 0.3) is 0 Å². The first-order valence-electron chi connectivity index (χ1n) is 7.69. The number of hydrogen-bond acceptors (Lipinski definition) is 2. The van der Waals surface area contributed by atoms with Crippen LogP contribution < -0.4 is 5.32 Å². The van der Waals surface area contributed by atoms with Crippen molar-refractivity contribution in [1.82, 2.24) is 10.2 Å². The molecule has 1 heterocycles. The molecule has 0 saturated heterocycles. The maximum Gasteiger partial charge on any atom is 0.317 e. The number of amides is 2. The zero-order valence-corrected chi connectivity index (χ0v) is 13.1. The highest BCUT2D eigenvalue weighted by Crippen LogP contribution is 2.23. The number of urea groups is 1. The number of para-hydroxylation sites is 1. The van der Waals surface area contributed by atoms with Gasteiger partial charge >= 0.3 is 6.03 Å². The van der Waals surface area contributed by atoms with Gasteiger partial charge in [-0.25, -0.2) is 4.79 Å². The predicted octanol–water partition coefficient (Wildman–Crippen LogP) is 4.33. The average Bonchev–Trinajstić information content (AvgIpc) is 2.91. The number of carbonyl (C=O) groups is 1. The van der Waals surface area contributed by atoms with Crippen molar-refractivity contribution in [2.24, 2.45) is 0 Å². The third-order valence-corrected chi connectivity index (χ3v) is 3.49. The quantitative estimate of drug-likeness (QED) is 0.860. The molecule has 0 aliphatic carbocycles. The zero-order chi connectivity index (χ0) is 15.2. The van der Waals surface area contributed by atoms with Crippen LogP contribution >= 0.6 is 0 Å². The number of rotatable bonds is 6. The molecule has 0 saturated carbocycles. The van der Waals surface area contributed by atoms with Crippen LogP contribution in [0.25, 0.3) is 11.0 Å². The second kappa shape index (κ2) is 7.16. The van der Waals surface area contributed by atoms with E-state index in [0.29, 0.717) is 0 Å². The molecule has 0 aliphatic heterocycles. The summed E-state index contributed by atoms with van der Waals surface area (Å²) < 4.78 is 5.80. The Labute approximate surface area is 126 Å². The molecule has 2 amide bonds. The van der Waals surface area contributed by atoms with Crippen LogP contribution in [-0.2, 0) is 0 Å². The molecule has 1 unspecified atom stereocenters. The van der Waals surface area contributed by atoms with Gasteiger partial charge < -0.3 is 14.6 Å². The number of benzene rings is 1. The van der Waals surface area contributed by atoms with Crippen molar-refractivity contribution in [3.8, 4) is 0 Å². The number of furan rings is 1. The first-order chi connectivity index (χ1) is 10.2. The Bertz CT molecular complexity index is 552. The van der Waals surface area contributed by atoms with Crippen LogP contribution in [0, 0.1) is 0 Å². The summed E-state index contributed by atoms with van der Waals surface area (Å²) in [4.78, 5) is 14.2. The van der Waals surface area contributed by atoms with Gasteiger partial charge in [-0.1, -0.05) is 32.0 Å². The summed E-state index contributed by atoms with van der Waals surface area (Å²) in [5.74, 6) is 0.789. The van der Waals surface area contributed by atoms with Crippen LogP contribution in [0.1, 0.15) is 45.4 Å². The van der Waals surface area contributed by atoms with Crippen molar-refractivity contribution in [3.63, 3.8) is 0 Å². The van der Waals surface area contributed by atoms with E-state index < -0.39 is 0 Å². The largest absolute Gasteiger partial charge is 0.459 e. The summed E-state index contributed by atoms with van der Waals surface area (Å²) in [5.41, 5.74) is 0.854. The molecule has 4 heteroatoms. The second-order valence-corrected chi connectivity index (χ2v) is 5.34. The molecule has 21 heavy (non-hydrogen) atoms. The maximum atomic E-state index is 12.3. The number of nitrogens with one attached hydrogen (secondary N) is 1. The lowest BCUT2D eigenvalue weighted by Gasteiger charge is -2.23. The van der Waals surface area contributed by atoms with Gasteiger partial charge in [-0.3, -0.25) is 0 Å². The van der Waals surface area contributed by atoms with Crippen LogP contribution in [0.3, 0.4) is 0 Å². The molecular weight excluding hydrogens is 264 g/mol. The molecule has 2 aromatic rings. The Morgan fingerprint density at radius 2 is 1.90 bits per heavy atom. The summed E-state index contributed by atoms with van der Waals surface area (Å²) in [6.45, 7) is 7.68. The lowest BCUT2D eigenvalue weighted by Crippen LogP contribution is -2.41. The summed E-state index contributed by atoms with van der Waals surface area (Å²) >= 11 is 0. The van der Waals surface area contributed by atoms with Crippen LogP contribution in [-0.4, -0.2) is 24.0 Å². The average molecular weight is 288 g/mol. The van der Waals surface area contributed by atoms with Crippen molar-refractivity contribution in [2.45, 2.75) is 39.7 Å². The highest BCUT2D eigenvalue weighted by Gasteiger charge is 2.17. The van der Waals surface area contributed by atoms with E-state index in [1.165, 1.54) is 0 Å². The van der Waals surface area contributed by atoms with E-state index >= 15 is 0 Å². The predicted molar refractivity (Wildman–Crippen MR) is 85.3 cm³/mol. The Hall–Kier alpha value is -1.97. The lowest BCUT2D eigenvalue weighted by molar-refractivity contribution is 0.193. The summed E-state index contributed by atoms with van der Waals surface area (Å²) in [7, 11) is 0. The smallest absolute Gasteiger partial charge is 0.317 e. The van der Waals surface area contributed by atoms with Gasteiger partial charge in [0.05, 0.1) is 6.04 Å². The lowest BCUT2D eigenvalue weighted by atomic mass is 10.2. The topological polar surface area (TPSA) is 45.5 Å². The van der Waals surface area contributed by atoms with E-state index in [1.54, 1.807) is 0 Å². The Kier molecular flexibility index (Phi) is 5.26. The van der Waals surface area contributed by atoms with E-state index in [4.69, 9.17) is 4.42 Å². The fraction of sp³-hybridized carbons (Fsp3) is 0.471. The van der Waals surface area contributed by atoms with Crippen molar-refractivity contribution in [1.29, 1.82) is 0 Å². The van der Waals surface area contributed by atoms with Crippen LogP contribution in [0.15, 0.2) is 34.7 Å². The third-order valence-electron chi connectivity index (χ3n) is 3.49. The van der Waals surface area contributed by atoms with Gasteiger partial charge in [0.15, 0.2) is 0 Å². The molecule has 0 bridgehead atoms. The minimum atomic E-state index is -0.138. The van der Waals surface area contributed by atoms with Crippen LogP contribution in [0.4, 0.5) is 4.79 Å². The van der Waals surface area contributed by atoms with Gasteiger partial charge in [-0.05, 0) is 31.9 Å². The Balaban J connectivity index is 2.05. The molecule has 2 rings (SSSR count). The van der Waals surface area contributed by atoms with Crippen molar-refractivity contribution < 1.29 is 9.21 Å². The van der Waals surface area contributed by atoms with Crippen LogP contribution in [0.2, 0.25) is 0 Å². The van der Waals surface area contributed by atoms with E-state index in [0.717, 1.165) is 42.7 Å². The number of hydrogen-bond donors (Lipinski definition) is 1. The minimum Gasteiger partial charge on any atom is -0.459 e. The van der Waals surface area contributed by atoms with Gasteiger partial charge in [0, 0.05) is 18.5 Å². The van der Waals surface area contributed by atoms with Crippen molar-refractivity contribution in [3.05, 3.63) is 36.1 Å².